The summed E-state index contributed by atoms with van der Waals surface area (Å²) >= 11 is 0. The maximum absolute atomic E-state index is 10.7. The van der Waals surface area contributed by atoms with Gasteiger partial charge in [0, 0.05) is 12.7 Å². The molecule has 0 heterocycles. The third kappa shape index (κ3) is 3.25. The molecule has 0 saturated heterocycles. The van der Waals surface area contributed by atoms with Crippen molar-refractivity contribution in [1.29, 1.82) is 0 Å². The van der Waals surface area contributed by atoms with Crippen LogP contribution in [0, 0.1) is 0 Å². The summed E-state index contributed by atoms with van der Waals surface area (Å²) in [6.07, 6.45) is 0.614. The van der Waals surface area contributed by atoms with Crippen LogP contribution in [0.5, 0.6) is 0 Å². The summed E-state index contributed by atoms with van der Waals surface area (Å²) in [7, 11) is 1.46. The monoisotopic (exact) mass is 144 g/mol. The van der Waals surface area contributed by atoms with Crippen molar-refractivity contribution in [2.24, 2.45) is 0 Å². The minimum Gasteiger partial charge on any atom is -0.435 e. The Hall–Kier alpha value is -0.830. The van der Waals surface area contributed by atoms with E-state index < -0.39 is 0 Å². The van der Waals surface area contributed by atoms with Crippen LogP contribution in [0.4, 0.5) is 0 Å². The van der Waals surface area contributed by atoms with E-state index in [1.165, 1.54) is 7.11 Å². The van der Waals surface area contributed by atoms with E-state index in [0.29, 0.717) is 12.0 Å². The molecule has 0 unspecified atom stereocenters. The van der Waals surface area contributed by atoms with Gasteiger partial charge in [0.1, 0.15) is 0 Å². The summed E-state index contributed by atoms with van der Waals surface area (Å²) in [5, 5.41) is 0. The molecule has 3 heteroatoms. The molecule has 0 aliphatic carbocycles. The van der Waals surface area contributed by atoms with Crippen LogP contribution in [0.2, 0.25) is 0 Å². The van der Waals surface area contributed by atoms with Gasteiger partial charge < -0.3 is 9.47 Å². The first-order chi connectivity index (χ1) is 4.72. The second-order valence-electron chi connectivity index (χ2n) is 1.80. The predicted octanol–water partition coefficient (Wildman–Crippen LogP) is 1.10. The number of methoxy groups -OCH3 is 1. The van der Waals surface area contributed by atoms with Crippen LogP contribution in [0.25, 0.3) is 0 Å². The summed E-state index contributed by atoms with van der Waals surface area (Å²) < 4.78 is 9.11. The number of hydrogen-bond acceptors (Lipinski definition) is 3. The van der Waals surface area contributed by atoms with Gasteiger partial charge in [-0.25, -0.2) is 4.79 Å². The van der Waals surface area contributed by atoms with Crippen molar-refractivity contribution in [1.82, 2.24) is 0 Å². The molecule has 0 atom stereocenters. The van der Waals surface area contributed by atoms with Crippen molar-refractivity contribution >= 4 is 5.97 Å². The van der Waals surface area contributed by atoms with Crippen molar-refractivity contribution in [3.05, 3.63) is 12.2 Å². The molecule has 0 aromatic rings. The molecular formula is C7H12O3. The fourth-order valence-electron chi connectivity index (χ4n) is 0.359. The summed E-state index contributed by atoms with van der Waals surface area (Å²) in [6, 6.07) is 0. The Morgan fingerprint density at radius 3 is 2.60 bits per heavy atom. The molecule has 0 spiro atoms. The Kier molecular flexibility index (Phi) is 4.58. The van der Waals surface area contributed by atoms with Gasteiger partial charge in [0.25, 0.3) is 0 Å². The maximum atomic E-state index is 10.7. The smallest absolute Gasteiger partial charge is 0.335 e. The lowest BCUT2D eigenvalue weighted by atomic mass is 10.2. The zero-order valence-electron chi connectivity index (χ0n) is 6.35. The van der Waals surface area contributed by atoms with E-state index in [-0.39, 0.29) is 12.8 Å². The Balaban J connectivity index is 3.52. The van der Waals surface area contributed by atoms with Crippen molar-refractivity contribution in [2.75, 3.05) is 13.9 Å². The van der Waals surface area contributed by atoms with Crippen LogP contribution in [-0.2, 0) is 14.3 Å². The average Bonchev–Trinajstić information content (AvgIpc) is 1.98. The zero-order chi connectivity index (χ0) is 7.98. The fraction of sp³-hybridized carbons (Fsp3) is 0.571. The molecule has 0 aliphatic heterocycles. The molecule has 58 valence electrons. The van der Waals surface area contributed by atoms with Crippen LogP contribution in [0.3, 0.4) is 0 Å². The van der Waals surface area contributed by atoms with Crippen molar-refractivity contribution in [3.63, 3.8) is 0 Å². The second kappa shape index (κ2) is 4.99. The number of carbonyl (C=O) groups is 1. The standard InChI is InChI=1S/C7H12O3/c1-4-6(2)7(8)10-5-9-3/h2,4-5H2,1,3H3. The highest BCUT2D eigenvalue weighted by Crippen LogP contribution is 1.98. The summed E-state index contributed by atoms with van der Waals surface area (Å²) in [4.78, 5) is 10.7. The number of esters is 1. The fourth-order valence-corrected chi connectivity index (χ4v) is 0.359. The van der Waals surface area contributed by atoms with Crippen LogP contribution in [-0.4, -0.2) is 19.9 Å². The lowest BCUT2D eigenvalue weighted by molar-refractivity contribution is -0.149. The summed E-state index contributed by atoms with van der Waals surface area (Å²) in [5.41, 5.74) is 0.469. The molecule has 0 bridgehead atoms. The van der Waals surface area contributed by atoms with Crippen LogP contribution in [0.1, 0.15) is 13.3 Å². The van der Waals surface area contributed by atoms with Gasteiger partial charge >= 0.3 is 5.97 Å². The normalized spacial score (nSPS) is 9.00. The topological polar surface area (TPSA) is 35.5 Å². The van der Waals surface area contributed by atoms with Gasteiger partial charge in [-0.05, 0) is 6.42 Å². The first-order valence-electron chi connectivity index (χ1n) is 3.06. The Morgan fingerprint density at radius 2 is 2.20 bits per heavy atom. The van der Waals surface area contributed by atoms with Gasteiger partial charge in [-0.2, -0.15) is 0 Å². The first-order valence-corrected chi connectivity index (χ1v) is 3.06. The average molecular weight is 144 g/mol. The molecule has 3 nitrogen and oxygen atoms in total. The van der Waals surface area contributed by atoms with E-state index in [1.54, 1.807) is 0 Å². The molecule has 0 aromatic carbocycles. The van der Waals surface area contributed by atoms with Crippen molar-refractivity contribution in [3.8, 4) is 0 Å². The van der Waals surface area contributed by atoms with Crippen molar-refractivity contribution < 1.29 is 14.3 Å². The van der Waals surface area contributed by atoms with E-state index in [1.807, 2.05) is 6.92 Å². The van der Waals surface area contributed by atoms with Crippen LogP contribution in [0.15, 0.2) is 12.2 Å². The van der Waals surface area contributed by atoms with E-state index in [2.05, 4.69) is 16.1 Å². The molecule has 0 aromatic heterocycles. The third-order valence-corrected chi connectivity index (χ3v) is 1.02. The van der Waals surface area contributed by atoms with E-state index >= 15 is 0 Å². The van der Waals surface area contributed by atoms with Crippen LogP contribution < -0.4 is 0 Å². The van der Waals surface area contributed by atoms with E-state index in [4.69, 9.17) is 0 Å². The second-order valence-corrected chi connectivity index (χ2v) is 1.80. The molecule has 0 aliphatic rings. The zero-order valence-corrected chi connectivity index (χ0v) is 6.35. The molecule has 0 amide bonds. The van der Waals surface area contributed by atoms with E-state index in [9.17, 15) is 4.79 Å². The van der Waals surface area contributed by atoms with Gasteiger partial charge in [-0.15, -0.1) is 0 Å². The van der Waals surface area contributed by atoms with Crippen LogP contribution >= 0.6 is 0 Å². The van der Waals surface area contributed by atoms with Gasteiger partial charge in [-0.1, -0.05) is 13.5 Å². The molecule has 0 saturated carbocycles. The Bertz CT molecular complexity index is 129. The summed E-state index contributed by atoms with van der Waals surface area (Å²) in [5.74, 6) is -0.385. The highest BCUT2D eigenvalue weighted by atomic mass is 16.7. The van der Waals surface area contributed by atoms with Gasteiger partial charge in [0.2, 0.25) is 0 Å². The lowest BCUT2D eigenvalue weighted by Gasteiger charge is -2.02. The minimum atomic E-state index is -0.385. The minimum absolute atomic E-state index is 0.00213. The highest BCUT2D eigenvalue weighted by molar-refractivity contribution is 5.87. The molecule has 0 radical (unpaired) electrons. The van der Waals surface area contributed by atoms with Gasteiger partial charge in [0.15, 0.2) is 6.79 Å². The quantitative estimate of drug-likeness (QED) is 0.336. The molecule has 0 N–H and O–H groups in total. The lowest BCUT2D eigenvalue weighted by Crippen LogP contribution is -2.08. The van der Waals surface area contributed by atoms with Crippen molar-refractivity contribution in [2.45, 2.75) is 13.3 Å². The largest absolute Gasteiger partial charge is 0.435 e. The molecule has 0 fully saturated rings. The summed E-state index contributed by atoms with van der Waals surface area (Å²) in [6.45, 7) is 5.34. The number of carbonyl (C=O) groups excluding carboxylic acids is 1. The Morgan fingerprint density at radius 1 is 1.60 bits per heavy atom. The van der Waals surface area contributed by atoms with Gasteiger partial charge in [0.05, 0.1) is 0 Å². The maximum Gasteiger partial charge on any atom is 0.335 e. The SMILES string of the molecule is C=C(CC)C(=O)OCOC. The van der Waals surface area contributed by atoms with E-state index in [0.717, 1.165) is 0 Å². The number of hydrogen-bond donors (Lipinski definition) is 0. The number of ether oxygens (including phenoxy) is 2. The van der Waals surface area contributed by atoms with Gasteiger partial charge in [-0.3, -0.25) is 0 Å². The number of rotatable bonds is 4. The first kappa shape index (κ1) is 9.17. The molecular weight excluding hydrogens is 132 g/mol. The Labute approximate surface area is 60.6 Å². The predicted molar refractivity (Wildman–Crippen MR) is 37.4 cm³/mol. The molecule has 0 rings (SSSR count). The highest BCUT2D eigenvalue weighted by Gasteiger charge is 2.03. The third-order valence-electron chi connectivity index (χ3n) is 1.02. The molecule has 10 heavy (non-hydrogen) atoms.